The minimum absolute atomic E-state index is 0.261. The Labute approximate surface area is 122 Å². The number of aromatic nitrogens is 2. The van der Waals surface area contributed by atoms with Crippen molar-refractivity contribution in [2.45, 2.75) is 52.9 Å². The van der Waals surface area contributed by atoms with Gasteiger partial charge in [0.15, 0.2) is 11.6 Å². The molecule has 1 aromatic heterocycles. The van der Waals surface area contributed by atoms with Crippen molar-refractivity contribution in [3.63, 3.8) is 0 Å². The molecular formula is C15H20F2N2S. The van der Waals surface area contributed by atoms with Crippen molar-refractivity contribution in [1.82, 2.24) is 8.75 Å². The highest BCUT2D eigenvalue weighted by Crippen LogP contribution is 2.30. The van der Waals surface area contributed by atoms with Gasteiger partial charge in [-0.25, -0.2) is 8.78 Å². The van der Waals surface area contributed by atoms with Gasteiger partial charge in [0.2, 0.25) is 0 Å². The van der Waals surface area contributed by atoms with Crippen LogP contribution in [0.2, 0.25) is 0 Å². The van der Waals surface area contributed by atoms with Crippen LogP contribution in [0.3, 0.4) is 0 Å². The van der Waals surface area contributed by atoms with Crippen molar-refractivity contribution in [1.29, 1.82) is 0 Å². The Kier molecular flexibility index (Phi) is 5.02. The average Bonchev–Trinajstić information content (AvgIpc) is 2.94. The van der Waals surface area contributed by atoms with E-state index in [2.05, 4.69) is 22.6 Å². The molecule has 0 aliphatic carbocycles. The highest BCUT2D eigenvalue weighted by molar-refractivity contribution is 7.00. The van der Waals surface area contributed by atoms with Crippen molar-refractivity contribution in [2.75, 3.05) is 0 Å². The number of rotatable bonds is 6. The second-order valence-electron chi connectivity index (χ2n) is 5.31. The Hall–Kier alpha value is -1.10. The number of unbranched alkanes of at least 4 members (excludes halogenated alkanes) is 1. The first-order valence-electron chi connectivity index (χ1n) is 7.18. The Balaban J connectivity index is 2.40. The van der Waals surface area contributed by atoms with Gasteiger partial charge in [0.1, 0.15) is 11.0 Å². The molecule has 2 rings (SSSR count). The van der Waals surface area contributed by atoms with E-state index in [0.29, 0.717) is 28.9 Å². The highest BCUT2D eigenvalue weighted by atomic mass is 32.1. The quantitative estimate of drug-likeness (QED) is 0.747. The van der Waals surface area contributed by atoms with E-state index in [1.807, 2.05) is 0 Å². The molecule has 0 radical (unpaired) electrons. The van der Waals surface area contributed by atoms with Gasteiger partial charge < -0.3 is 0 Å². The van der Waals surface area contributed by atoms with Crippen LogP contribution >= 0.6 is 11.7 Å². The fraction of sp³-hybridized carbons (Fsp3) is 0.600. The fourth-order valence-electron chi connectivity index (χ4n) is 2.56. The lowest BCUT2D eigenvalue weighted by atomic mass is 9.90. The van der Waals surface area contributed by atoms with Gasteiger partial charge in [-0.2, -0.15) is 8.75 Å². The maximum absolute atomic E-state index is 14.3. The van der Waals surface area contributed by atoms with Crippen molar-refractivity contribution in [3.8, 4) is 0 Å². The molecule has 0 saturated carbocycles. The molecule has 0 bridgehead atoms. The van der Waals surface area contributed by atoms with Crippen LogP contribution in [0.25, 0.3) is 11.0 Å². The molecule has 0 spiro atoms. The van der Waals surface area contributed by atoms with E-state index in [9.17, 15) is 8.78 Å². The molecule has 110 valence electrons. The summed E-state index contributed by atoms with van der Waals surface area (Å²) in [6.45, 7) is 5.79. The van der Waals surface area contributed by atoms with Crippen LogP contribution in [0.4, 0.5) is 8.78 Å². The molecule has 20 heavy (non-hydrogen) atoms. The summed E-state index contributed by atoms with van der Waals surface area (Å²) in [6, 6.07) is 0. The predicted molar refractivity (Wildman–Crippen MR) is 79.1 cm³/mol. The largest absolute Gasteiger partial charge is 0.203 e. The SMILES string of the molecule is CCCCC(CC)Cc1c(F)c(F)c(C)c2nsnc12. The van der Waals surface area contributed by atoms with E-state index >= 15 is 0 Å². The van der Waals surface area contributed by atoms with Gasteiger partial charge >= 0.3 is 0 Å². The maximum atomic E-state index is 14.3. The number of hydrogen-bond donors (Lipinski definition) is 0. The van der Waals surface area contributed by atoms with Crippen LogP contribution < -0.4 is 0 Å². The first-order valence-corrected chi connectivity index (χ1v) is 7.91. The zero-order valence-electron chi connectivity index (χ0n) is 12.2. The lowest BCUT2D eigenvalue weighted by molar-refractivity contribution is 0.431. The van der Waals surface area contributed by atoms with Gasteiger partial charge in [-0.15, -0.1) is 0 Å². The van der Waals surface area contributed by atoms with Gasteiger partial charge in [-0.3, -0.25) is 0 Å². The summed E-state index contributed by atoms with van der Waals surface area (Å²) in [5.74, 6) is -1.14. The first-order chi connectivity index (χ1) is 9.60. The third-order valence-electron chi connectivity index (χ3n) is 3.95. The minimum Gasteiger partial charge on any atom is -0.203 e. The van der Waals surface area contributed by atoms with Crippen LogP contribution in [0.1, 0.15) is 50.7 Å². The molecule has 2 aromatic rings. The van der Waals surface area contributed by atoms with Crippen LogP contribution in [0.15, 0.2) is 0 Å². The second kappa shape index (κ2) is 6.57. The van der Waals surface area contributed by atoms with Crippen molar-refractivity contribution in [2.24, 2.45) is 5.92 Å². The van der Waals surface area contributed by atoms with Gasteiger partial charge in [0.25, 0.3) is 0 Å². The van der Waals surface area contributed by atoms with E-state index in [1.54, 1.807) is 6.92 Å². The monoisotopic (exact) mass is 298 g/mol. The molecule has 0 N–H and O–H groups in total. The first kappa shape index (κ1) is 15.3. The fourth-order valence-corrected chi connectivity index (χ4v) is 3.18. The molecule has 0 aliphatic heterocycles. The third kappa shape index (κ3) is 2.82. The average molecular weight is 298 g/mol. The summed E-state index contributed by atoms with van der Waals surface area (Å²) in [5, 5.41) is 0. The number of hydrogen-bond acceptors (Lipinski definition) is 3. The van der Waals surface area contributed by atoms with Crippen molar-refractivity contribution < 1.29 is 8.78 Å². The molecule has 1 aromatic carbocycles. The van der Waals surface area contributed by atoms with E-state index < -0.39 is 11.6 Å². The molecule has 1 unspecified atom stereocenters. The van der Waals surface area contributed by atoms with Crippen LogP contribution in [-0.2, 0) is 6.42 Å². The Bertz CT molecular complexity index is 595. The molecule has 0 amide bonds. The van der Waals surface area contributed by atoms with Crippen LogP contribution in [-0.4, -0.2) is 8.75 Å². The second-order valence-corrected chi connectivity index (χ2v) is 5.84. The number of aryl methyl sites for hydroxylation is 1. The van der Waals surface area contributed by atoms with Gasteiger partial charge in [-0.05, 0) is 19.3 Å². The molecule has 5 heteroatoms. The number of halogens is 2. The van der Waals surface area contributed by atoms with Crippen molar-refractivity contribution in [3.05, 3.63) is 22.8 Å². The summed E-state index contributed by atoms with van der Waals surface area (Å²) >= 11 is 1.02. The van der Waals surface area contributed by atoms with E-state index in [1.165, 1.54) is 0 Å². The van der Waals surface area contributed by atoms with Crippen LogP contribution in [0.5, 0.6) is 0 Å². The minimum atomic E-state index is -0.773. The standard InChI is InChI=1S/C15H20F2N2S/c1-4-6-7-10(5-2)8-11-13(17)12(16)9(3)14-15(11)19-20-18-14/h10H,4-8H2,1-3H3. The zero-order valence-corrected chi connectivity index (χ0v) is 13.0. The lowest BCUT2D eigenvalue weighted by Gasteiger charge is -2.16. The summed E-state index contributed by atoms with van der Waals surface area (Å²) in [5.41, 5.74) is 1.71. The summed E-state index contributed by atoms with van der Waals surface area (Å²) < 4.78 is 36.5. The highest BCUT2D eigenvalue weighted by Gasteiger charge is 2.22. The van der Waals surface area contributed by atoms with Crippen molar-refractivity contribution >= 4 is 22.8 Å². The Morgan fingerprint density at radius 2 is 1.80 bits per heavy atom. The van der Waals surface area contributed by atoms with Gasteiger partial charge in [0.05, 0.1) is 11.7 Å². The molecule has 1 heterocycles. The van der Waals surface area contributed by atoms with Crippen LogP contribution in [0, 0.1) is 24.5 Å². The molecule has 0 saturated heterocycles. The van der Waals surface area contributed by atoms with Gasteiger partial charge in [0, 0.05) is 11.1 Å². The molecule has 0 aliphatic rings. The normalized spacial score (nSPS) is 13.1. The van der Waals surface area contributed by atoms with E-state index in [0.717, 1.165) is 37.4 Å². The third-order valence-corrected chi connectivity index (χ3v) is 4.48. The molecule has 0 fully saturated rings. The summed E-state index contributed by atoms with van der Waals surface area (Å²) in [7, 11) is 0. The topological polar surface area (TPSA) is 25.8 Å². The number of fused-ring (bicyclic) bond motifs is 1. The summed E-state index contributed by atoms with van der Waals surface area (Å²) in [6.07, 6.45) is 4.79. The molecular weight excluding hydrogens is 278 g/mol. The maximum Gasteiger partial charge on any atom is 0.164 e. The van der Waals surface area contributed by atoms with Gasteiger partial charge in [-0.1, -0.05) is 39.5 Å². The smallest absolute Gasteiger partial charge is 0.164 e. The zero-order chi connectivity index (χ0) is 14.7. The summed E-state index contributed by atoms with van der Waals surface area (Å²) in [4.78, 5) is 0. The number of nitrogens with zero attached hydrogens (tertiary/aromatic N) is 2. The lowest BCUT2D eigenvalue weighted by Crippen LogP contribution is -2.08. The number of benzene rings is 1. The van der Waals surface area contributed by atoms with E-state index in [4.69, 9.17) is 0 Å². The predicted octanol–water partition coefficient (Wildman–Crippen LogP) is 5.04. The molecule has 1 atom stereocenters. The molecule has 2 nitrogen and oxygen atoms in total. The Morgan fingerprint density at radius 1 is 1.10 bits per heavy atom. The Morgan fingerprint density at radius 3 is 2.45 bits per heavy atom. The van der Waals surface area contributed by atoms with E-state index in [-0.39, 0.29) is 5.56 Å².